The van der Waals surface area contributed by atoms with Crippen molar-refractivity contribution in [1.82, 2.24) is 0 Å². The van der Waals surface area contributed by atoms with Crippen molar-refractivity contribution < 1.29 is 5.11 Å². The Morgan fingerprint density at radius 3 is 2.45 bits per heavy atom. The van der Waals surface area contributed by atoms with E-state index in [0.29, 0.717) is 0 Å². The van der Waals surface area contributed by atoms with Gasteiger partial charge in [0.2, 0.25) is 0 Å². The molecule has 0 aromatic heterocycles. The van der Waals surface area contributed by atoms with E-state index < -0.39 is 5.60 Å². The minimum absolute atomic E-state index is 0.542. The monoisotopic (exact) mass is 165 g/mol. The number of benzene rings is 1. The van der Waals surface area contributed by atoms with Gasteiger partial charge < -0.3 is 5.11 Å². The minimum Gasteiger partial charge on any atom is -0.383 e. The van der Waals surface area contributed by atoms with Crippen LogP contribution in [0.3, 0.4) is 0 Å². The molecular weight excluding hydrogens is 156 g/mol. The summed E-state index contributed by atoms with van der Waals surface area (Å²) in [6, 6.07) is 10.5. The summed E-state index contributed by atoms with van der Waals surface area (Å²) in [5.41, 5.74) is 0.481. The van der Waals surface area contributed by atoms with E-state index in [2.05, 4.69) is 6.07 Å². The second-order valence-electron chi connectivity index (χ2n) is 2.81. The first-order chi connectivity index (χ1) is 5.31. The number of hydrogen-bond acceptors (Lipinski definition) is 2. The quantitative estimate of drug-likeness (QED) is 0.679. The summed E-state index contributed by atoms with van der Waals surface area (Å²) in [6.07, 6.45) is 0. The van der Waals surface area contributed by atoms with Crippen molar-refractivity contribution in [3.8, 4) is 0 Å². The zero-order valence-electron chi connectivity index (χ0n) is 6.08. The smallest absolute Gasteiger partial charge is 0.108 e. The molecule has 1 radical (unpaired) electrons. The SMILES string of the molecule is OC1(c2cc[c]cc2)CSC1. The van der Waals surface area contributed by atoms with E-state index in [1.165, 1.54) is 0 Å². The third kappa shape index (κ3) is 1.17. The lowest BCUT2D eigenvalue weighted by Crippen LogP contribution is -2.39. The summed E-state index contributed by atoms with van der Waals surface area (Å²) >= 11 is 1.78. The first-order valence-corrected chi connectivity index (χ1v) is 4.73. The highest BCUT2D eigenvalue weighted by atomic mass is 32.2. The van der Waals surface area contributed by atoms with Crippen molar-refractivity contribution in [2.75, 3.05) is 11.5 Å². The first kappa shape index (κ1) is 7.19. The lowest BCUT2D eigenvalue weighted by molar-refractivity contribution is 0.0769. The topological polar surface area (TPSA) is 20.2 Å². The van der Waals surface area contributed by atoms with Gasteiger partial charge in [0.05, 0.1) is 0 Å². The molecule has 0 unspecified atom stereocenters. The first-order valence-electron chi connectivity index (χ1n) is 3.58. The van der Waals surface area contributed by atoms with Crippen LogP contribution in [0, 0.1) is 6.07 Å². The molecule has 1 aromatic rings. The fraction of sp³-hybridized carbons (Fsp3) is 0.333. The number of hydrogen-bond donors (Lipinski definition) is 1. The zero-order chi connectivity index (χ0) is 7.73. The molecule has 0 saturated carbocycles. The molecule has 1 nitrogen and oxygen atoms in total. The summed E-state index contributed by atoms with van der Waals surface area (Å²) in [5, 5.41) is 9.85. The molecule has 2 rings (SSSR count). The zero-order valence-corrected chi connectivity index (χ0v) is 6.90. The van der Waals surface area contributed by atoms with Gasteiger partial charge in [-0.25, -0.2) is 0 Å². The fourth-order valence-corrected chi connectivity index (χ4v) is 2.08. The Morgan fingerprint density at radius 2 is 2.00 bits per heavy atom. The Hall–Kier alpha value is -0.470. The van der Waals surface area contributed by atoms with Crippen LogP contribution >= 0.6 is 11.8 Å². The highest BCUT2D eigenvalue weighted by Crippen LogP contribution is 2.37. The average molecular weight is 165 g/mol. The van der Waals surface area contributed by atoms with Crippen molar-refractivity contribution >= 4 is 11.8 Å². The van der Waals surface area contributed by atoms with Crippen molar-refractivity contribution in [2.24, 2.45) is 0 Å². The molecule has 0 aliphatic carbocycles. The van der Waals surface area contributed by atoms with Crippen LogP contribution in [0.4, 0.5) is 0 Å². The molecule has 1 N–H and O–H groups in total. The van der Waals surface area contributed by atoms with Gasteiger partial charge in [0.25, 0.3) is 0 Å². The maximum atomic E-state index is 9.85. The van der Waals surface area contributed by atoms with Crippen LogP contribution in [0.5, 0.6) is 0 Å². The Bertz CT molecular complexity index is 241. The molecule has 1 aromatic carbocycles. The lowest BCUT2D eigenvalue weighted by atomic mass is 9.97. The third-order valence-electron chi connectivity index (χ3n) is 1.94. The predicted molar refractivity (Wildman–Crippen MR) is 46.5 cm³/mol. The second kappa shape index (κ2) is 2.54. The highest BCUT2D eigenvalue weighted by Gasteiger charge is 2.36. The Labute approximate surface area is 70.4 Å². The third-order valence-corrected chi connectivity index (χ3v) is 3.30. The van der Waals surface area contributed by atoms with Gasteiger partial charge in [-0.05, 0) is 11.6 Å². The summed E-state index contributed by atoms with van der Waals surface area (Å²) in [4.78, 5) is 0. The minimum atomic E-state index is -0.542. The average Bonchev–Trinajstić information content (AvgIpc) is 2.02. The Balaban J connectivity index is 2.29. The number of thioether (sulfide) groups is 1. The molecule has 1 aliphatic heterocycles. The van der Waals surface area contributed by atoms with E-state index in [1.807, 2.05) is 24.3 Å². The molecule has 1 aliphatic rings. The molecule has 1 fully saturated rings. The molecule has 2 heteroatoms. The summed E-state index contributed by atoms with van der Waals surface area (Å²) in [6.45, 7) is 0. The van der Waals surface area contributed by atoms with Gasteiger partial charge in [-0.1, -0.05) is 24.3 Å². The molecule has 11 heavy (non-hydrogen) atoms. The van der Waals surface area contributed by atoms with Crippen molar-refractivity contribution in [2.45, 2.75) is 5.60 Å². The van der Waals surface area contributed by atoms with Crippen molar-refractivity contribution in [1.29, 1.82) is 0 Å². The summed E-state index contributed by atoms with van der Waals surface area (Å²) in [7, 11) is 0. The molecule has 1 saturated heterocycles. The van der Waals surface area contributed by atoms with E-state index in [9.17, 15) is 5.11 Å². The Morgan fingerprint density at radius 1 is 1.36 bits per heavy atom. The molecular formula is C9H9OS. The van der Waals surface area contributed by atoms with Gasteiger partial charge in [0.1, 0.15) is 5.60 Å². The van der Waals surface area contributed by atoms with E-state index in [0.717, 1.165) is 17.1 Å². The lowest BCUT2D eigenvalue weighted by Gasteiger charge is -2.36. The highest BCUT2D eigenvalue weighted by molar-refractivity contribution is 8.00. The van der Waals surface area contributed by atoms with Crippen LogP contribution < -0.4 is 0 Å². The van der Waals surface area contributed by atoms with Crippen LogP contribution in [0.2, 0.25) is 0 Å². The van der Waals surface area contributed by atoms with E-state index in [1.54, 1.807) is 11.8 Å². The molecule has 0 amide bonds. The fourth-order valence-electron chi connectivity index (χ4n) is 1.16. The van der Waals surface area contributed by atoms with Crippen LogP contribution in [-0.4, -0.2) is 16.6 Å². The van der Waals surface area contributed by atoms with Gasteiger partial charge in [0, 0.05) is 11.5 Å². The summed E-state index contributed by atoms with van der Waals surface area (Å²) < 4.78 is 0. The van der Waals surface area contributed by atoms with E-state index >= 15 is 0 Å². The van der Waals surface area contributed by atoms with Gasteiger partial charge in [-0.15, -0.1) is 0 Å². The molecule has 0 bridgehead atoms. The van der Waals surface area contributed by atoms with Crippen molar-refractivity contribution in [3.63, 3.8) is 0 Å². The second-order valence-corrected chi connectivity index (χ2v) is 3.80. The van der Waals surface area contributed by atoms with E-state index in [-0.39, 0.29) is 0 Å². The van der Waals surface area contributed by atoms with Gasteiger partial charge in [0.15, 0.2) is 0 Å². The summed E-state index contributed by atoms with van der Waals surface area (Å²) in [5.74, 6) is 1.66. The largest absolute Gasteiger partial charge is 0.383 e. The predicted octanol–water partition coefficient (Wildman–Crippen LogP) is 1.42. The van der Waals surface area contributed by atoms with E-state index in [4.69, 9.17) is 0 Å². The normalized spacial score (nSPS) is 20.8. The molecule has 57 valence electrons. The van der Waals surface area contributed by atoms with Crippen LogP contribution in [0.25, 0.3) is 0 Å². The molecule has 0 spiro atoms. The Kier molecular flexibility index (Phi) is 1.66. The van der Waals surface area contributed by atoms with Crippen LogP contribution in [0.15, 0.2) is 24.3 Å². The molecule has 1 heterocycles. The standard InChI is InChI=1S/C9H9OS/c10-9(6-11-7-9)8-4-2-1-3-5-8/h2-5,10H,6-7H2. The van der Waals surface area contributed by atoms with Gasteiger partial charge in [-0.3, -0.25) is 0 Å². The number of aliphatic hydroxyl groups is 1. The van der Waals surface area contributed by atoms with Crippen molar-refractivity contribution in [3.05, 3.63) is 35.9 Å². The maximum absolute atomic E-state index is 9.85. The van der Waals surface area contributed by atoms with Crippen LogP contribution in [0.1, 0.15) is 5.56 Å². The van der Waals surface area contributed by atoms with Crippen LogP contribution in [-0.2, 0) is 5.60 Å². The molecule has 0 atom stereocenters. The number of rotatable bonds is 1. The maximum Gasteiger partial charge on any atom is 0.108 e. The van der Waals surface area contributed by atoms with Gasteiger partial charge in [-0.2, -0.15) is 11.8 Å². The van der Waals surface area contributed by atoms with Gasteiger partial charge >= 0.3 is 0 Å².